The average molecular weight is 208 g/mol. The van der Waals surface area contributed by atoms with Crippen molar-refractivity contribution in [3.63, 3.8) is 0 Å². The molecule has 0 spiro atoms. The summed E-state index contributed by atoms with van der Waals surface area (Å²) in [6.07, 6.45) is 5.43. The maximum absolute atomic E-state index is 4.31. The van der Waals surface area contributed by atoms with Gasteiger partial charge in [0, 0.05) is 29.5 Å². The van der Waals surface area contributed by atoms with E-state index in [9.17, 15) is 0 Å². The molecule has 1 atom stereocenters. The molecule has 2 N–H and O–H groups in total. The summed E-state index contributed by atoms with van der Waals surface area (Å²) in [7, 11) is 1.94. The van der Waals surface area contributed by atoms with Gasteiger partial charge in [0.1, 0.15) is 0 Å². The van der Waals surface area contributed by atoms with Crippen LogP contribution >= 0.6 is 11.3 Å². The van der Waals surface area contributed by atoms with Gasteiger partial charge in [0.2, 0.25) is 0 Å². The number of imidazole rings is 1. The molecule has 0 aliphatic heterocycles. The molecule has 2 aromatic heterocycles. The fourth-order valence-electron chi connectivity index (χ4n) is 1.12. The zero-order valence-electron chi connectivity index (χ0n) is 8.11. The van der Waals surface area contributed by atoms with Crippen LogP contribution in [0.5, 0.6) is 0 Å². The highest BCUT2D eigenvalue weighted by atomic mass is 32.1. The minimum atomic E-state index is 0.344. The minimum Gasteiger partial charge on any atom is -0.343 e. The third kappa shape index (κ3) is 1.69. The van der Waals surface area contributed by atoms with Gasteiger partial charge in [-0.15, -0.1) is 11.3 Å². The fraction of sp³-hybridized carbons (Fsp3) is 0.333. The molecule has 4 nitrogen and oxygen atoms in total. The first-order valence-electron chi connectivity index (χ1n) is 4.44. The number of aromatic nitrogens is 3. The Hall–Kier alpha value is -1.20. The number of rotatable bonds is 3. The molecule has 0 radical (unpaired) electrons. The van der Waals surface area contributed by atoms with Gasteiger partial charge in [0.05, 0.1) is 0 Å². The third-order valence-corrected chi connectivity index (χ3v) is 3.27. The van der Waals surface area contributed by atoms with E-state index >= 15 is 0 Å². The molecule has 2 heterocycles. The first kappa shape index (κ1) is 9.36. The quantitative estimate of drug-likeness (QED) is 0.809. The highest BCUT2D eigenvalue weighted by Crippen LogP contribution is 2.25. The van der Waals surface area contributed by atoms with Gasteiger partial charge in [-0.25, -0.2) is 9.97 Å². The Labute approximate surface area is 86.4 Å². The van der Waals surface area contributed by atoms with Crippen LogP contribution < -0.4 is 5.32 Å². The van der Waals surface area contributed by atoms with E-state index < -0.39 is 0 Å². The number of hydrogen-bond donors (Lipinski definition) is 2. The summed E-state index contributed by atoms with van der Waals surface area (Å²) >= 11 is 1.66. The maximum atomic E-state index is 4.31. The maximum Gasteiger partial charge on any atom is 0.166 e. The van der Waals surface area contributed by atoms with Crippen LogP contribution in [0.1, 0.15) is 17.8 Å². The number of aromatic amines is 1. The Morgan fingerprint density at radius 1 is 1.50 bits per heavy atom. The highest BCUT2D eigenvalue weighted by Gasteiger charge is 2.10. The molecular weight excluding hydrogens is 196 g/mol. The monoisotopic (exact) mass is 208 g/mol. The molecule has 2 rings (SSSR count). The lowest BCUT2D eigenvalue weighted by Crippen LogP contribution is -2.10. The van der Waals surface area contributed by atoms with Gasteiger partial charge in [0.15, 0.2) is 10.8 Å². The molecular formula is C9H12N4S. The lowest BCUT2D eigenvalue weighted by Gasteiger charge is -2.04. The second kappa shape index (κ2) is 3.89. The summed E-state index contributed by atoms with van der Waals surface area (Å²) in [6, 6.07) is 0.344. The summed E-state index contributed by atoms with van der Waals surface area (Å²) < 4.78 is 0. The second-order valence-electron chi connectivity index (χ2n) is 3.02. The van der Waals surface area contributed by atoms with Crippen molar-refractivity contribution in [3.8, 4) is 10.8 Å². The largest absolute Gasteiger partial charge is 0.343 e. The van der Waals surface area contributed by atoms with Crippen LogP contribution in [0.15, 0.2) is 18.6 Å². The normalized spacial score (nSPS) is 13.0. The van der Waals surface area contributed by atoms with Crippen molar-refractivity contribution in [2.45, 2.75) is 13.0 Å². The van der Waals surface area contributed by atoms with E-state index in [1.165, 1.54) is 4.88 Å². The first-order chi connectivity index (χ1) is 6.81. The lowest BCUT2D eigenvalue weighted by molar-refractivity contribution is 0.662. The van der Waals surface area contributed by atoms with E-state index in [2.05, 4.69) is 27.2 Å². The van der Waals surface area contributed by atoms with Crippen LogP contribution in [0.4, 0.5) is 0 Å². The Balaban J connectivity index is 2.26. The van der Waals surface area contributed by atoms with Crippen molar-refractivity contribution < 1.29 is 0 Å². The van der Waals surface area contributed by atoms with Gasteiger partial charge >= 0.3 is 0 Å². The van der Waals surface area contributed by atoms with Crippen LogP contribution in [0.25, 0.3) is 10.8 Å². The zero-order valence-corrected chi connectivity index (χ0v) is 8.93. The van der Waals surface area contributed by atoms with Gasteiger partial charge in [0.25, 0.3) is 0 Å². The Bertz CT molecular complexity index is 393. The minimum absolute atomic E-state index is 0.344. The SMILES string of the molecule is CNC(C)c1cnc(-c2ncc[nH]2)s1. The molecule has 0 aliphatic rings. The van der Waals surface area contributed by atoms with Crippen molar-refractivity contribution in [3.05, 3.63) is 23.5 Å². The summed E-state index contributed by atoms with van der Waals surface area (Å²) in [4.78, 5) is 12.7. The second-order valence-corrected chi connectivity index (χ2v) is 4.08. The Morgan fingerprint density at radius 2 is 2.36 bits per heavy atom. The zero-order chi connectivity index (χ0) is 9.97. The van der Waals surface area contributed by atoms with E-state index in [1.807, 2.05) is 13.2 Å². The topological polar surface area (TPSA) is 53.6 Å². The van der Waals surface area contributed by atoms with Crippen LogP contribution in [0.2, 0.25) is 0 Å². The van der Waals surface area contributed by atoms with E-state index in [4.69, 9.17) is 0 Å². The molecule has 1 unspecified atom stereocenters. The smallest absolute Gasteiger partial charge is 0.166 e. The van der Waals surface area contributed by atoms with Crippen molar-refractivity contribution in [2.24, 2.45) is 0 Å². The van der Waals surface area contributed by atoms with Crippen LogP contribution in [-0.4, -0.2) is 22.0 Å². The molecule has 0 aromatic carbocycles. The van der Waals surface area contributed by atoms with Crippen molar-refractivity contribution in [1.29, 1.82) is 0 Å². The van der Waals surface area contributed by atoms with E-state index in [0.717, 1.165) is 10.8 Å². The molecule has 0 saturated carbocycles. The van der Waals surface area contributed by atoms with Gasteiger partial charge in [-0.05, 0) is 14.0 Å². The number of H-pyrrole nitrogens is 1. The molecule has 14 heavy (non-hydrogen) atoms. The number of hydrogen-bond acceptors (Lipinski definition) is 4. The van der Waals surface area contributed by atoms with Crippen LogP contribution in [0, 0.1) is 0 Å². The molecule has 74 valence electrons. The number of thiazole rings is 1. The van der Waals surface area contributed by atoms with Gasteiger partial charge in [-0.2, -0.15) is 0 Å². The molecule has 0 aliphatic carbocycles. The average Bonchev–Trinajstić information content (AvgIpc) is 2.86. The first-order valence-corrected chi connectivity index (χ1v) is 5.25. The predicted molar refractivity (Wildman–Crippen MR) is 57.2 cm³/mol. The van der Waals surface area contributed by atoms with Crippen molar-refractivity contribution in [2.75, 3.05) is 7.05 Å². The van der Waals surface area contributed by atoms with Crippen molar-refractivity contribution in [1.82, 2.24) is 20.3 Å². The van der Waals surface area contributed by atoms with Crippen LogP contribution in [-0.2, 0) is 0 Å². The number of nitrogens with one attached hydrogen (secondary N) is 2. The molecule has 0 amide bonds. The molecule has 0 bridgehead atoms. The summed E-state index contributed by atoms with van der Waals surface area (Å²) in [5.41, 5.74) is 0. The Morgan fingerprint density at radius 3 is 3.00 bits per heavy atom. The van der Waals surface area contributed by atoms with Gasteiger partial charge < -0.3 is 10.3 Å². The van der Waals surface area contributed by atoms with Crippen molar-refractivity contribution >= 4 is 11.3 Å². The molecule has 2 aromatic rings. The standard InChI is InChI=1S/C9H12N4S/c1-6(10-2)7-5-13-9(14-7)8-11-3-4-12-8/h3-6,10H,1-2H3,(H,11,12). The number of nitrogens with zero attached hydrogens (tertiary/aromatic N) is 2. The van der Waals surface area contributed by atoms with Gasteiger partial charge in [-0.3, -0.25) is 0 Å². The molecule has 0 fully saturated rings. The van der Waals surface area contributed by atoms with Crippen LogP contribution in [0.3, 0.4) is 0 Å². The van der Waals surface area contributed by atoms with E-state index in [0.29, 0.717) is 6.04 Å². The lowest BCUT2D eigenvalue weighted by atomic mass is 10.3. The third-order valence-electron chi connectivity index (χ3n) is 2.08. The van der Waals surface area contributed by atoms with Gasteiger partial charge in [-0.1, -0.05) is 0 Å². The van der Waals surface area contributed by atoms with E-state index in [-0.39, 0.29) is 0 Å². The predicted octanol–water partition coefficient (Wildman–Crippen LogP) is 1.81. The molecule has 0 saturated heterocycles. The van der Waals surface area contributed by atoms with E-state index in [1.54, 1.807) is 23.7 Å². The fourth-order valence-corrected chi connectivity index (χ4v) is 2.06. The molecule has 5 heteroatoms. The summed E-state index contributed by atoms with van der Waals surface area (Å²) in [5, 5.41) is 4.12. The Kier molecular flexibility index (Phi) is 2.60. The highest BCUT2D eigenvalue weighted by molar-refractivity contribution is 7.15. The summed E-state index contributed by atoms with van der Waals surface area (Å²) in [6.45, 7) is 2.11. The summed E-state index contributed by atoms with van der Waals surface area (Å²) in [5.74, 6) is 0.838.